The lowest BCUT2D eigenvalue weighted by atomic mass is 9.82. The van der Waals surface area contributed by atoms with Gasteiger partial charge < -0.3 is 16.0 Å². The van der Waals surface area contributed by atoms with E-state index in [0.717, 1.165) is 27.8 Å². The van der Waals surface area contributed by atoms with E-state index in [1.807, 2.05) is 67.9 Å². The lowest BCUT2D eigenvalue weighted by molar-refractivity contribution is 0.389. The third kappa shape index (κ3) is 3.23. The van der Waals surface area contributed by atoms with E-state index in [0.29, 0.717) is 28.3 Å². The van der Waals surface area contributed by atoms with Crippen LogP contribution in [0.1, 0.15) is 57.5 Å². The highest BCUT2D eigenvalue weighted by Gasteiger charge is 2.38. The number of hydrogen-bond donors (Lipinski definition) is 2. The van der Waals surface area contributed by atoms with Gasteiger partial charge in [-0.1, -0.05) is 54.6 Å². The van der Waals surface area contributed by atoms with Crippen molar-refractivity contribution in [3.05, 3.63) is 112 Å². The number of nitrogens with one attached hydrogen (secondary N) is 1. The molecule has 2 aliphatic carbocycles. The van der Waals surface area contributed by atoms with Crippen molar-refractivity contribution in [3.8, 4) is 29.6 Å². The Morgan fingerprint density at radius 2 is 1.70 bits per heavy atom. The molecular weight excluding hydrogens is 460 g/mol. The highest BCUT2D eigenvalue weighted by molar-refractivity contribution is 6.01. The summed E-state index contributed by atoms with van der Waals surface area (Å²) < 4.78 is 0. The summed E-state index contributed by atoms with van der Waals surface area (Å²) in [4.78, 5) is 12.0. The van der Waals surface area contributed by atoms with Gasteiger partial charge in [0.05, 0.1) is 34.9 Å². The summed E-state index contributed by atoms with van der Waals surface area (Å²) in [6, 6.07) is 16.5. The maximum atomic E-state index is 9.69. The number of hydrogen-bond acceptors (Lipinski definition) is 8. The monoisotopic (exact) mass is 480 g/mol. The maximum Gasteiger partial charge on any atom is 0.177 e. The number of allylic oxidation sites excluding steroid dienone is 3. The molecule has 1 aliphatic heterocycles. The fourth-order valence-electron chi connectivity index (χ4n) is 5.44. The Balaban J connectivity index is 1.57. The molecule has 176 valence electrons. The van der Waals surface area contributed by atoms with Crippen molar-refractivity contribution in [2.45, 2.75) is 18.1 Å². The van der Waals surface area contributed by atoms with E-state index in [2.05, 4.69) is 34.6 Å². The summed E-state index contributed by atoms with van der Waals surface area (Å²) in [7, 11) is 2.01. The molecule has 0 amide bonds. The van der Waals surface area contributed by atoms with Gasteiger partial charge in [0.2, 0.25) is 0 Å². The van der Waals surface area contributed by atoms with Crippen molar-refractivity contribution < 1.29 is 0 Å². The Morgan fingerprint density at radius 3 is 2.43 bits per heavy atom. The van der Waals surface area contributed by atoms with Crippen LogP contribution < -0.4 is 11.1 Å². The molecule has 8 heteroatoms. The third-order valence-corrected chi connectivity index (χ3v) is 7.15. The largest absolute Gasteiger partial charge is 0.370 e. The molecule has 2 aromatic carbocycles. The van der Waals surface area contributed by atoms with Crippen LogP contribution in [0.5, 0.6) is 0 Å². The number of rotatable bonds is 2. The number of fused-ring (bicyclic) bond motifs is 5. The summed E-state index contributed by atoms with van der Waals surface area (Å²) in [5, 5.41) is 32.0. The second-order valence-electron chi connectivity index (χ2n) is 9.10. The number of nitrogens with zero attached hydrogens (tertiary/aromatic N) is 6. The SMILES string of the molecule is CN1C=CC=CC1c1ccc2c(c1)C(NC#N)c1nc3c(nc1C2N)-c1ccccc1C3=C(C#N)C#N. The minimum absolute atomic E-state index is 0.0341. The van der Waals surface area contributed by atoms with Crippen LogP contribution in [-0.4, -0.2) is 21.9 Å². The Morgan fingerprint density at radius 1 is 0.946 bits per heavy atom. The summed E-state index contributed by atoms with van der Waals surface area (Å²) in [5.41, 5.74) is 13.6. The van der Waals surface area contributed by atoms with Crippen molar-refractivity contribution in [1.29, 1.82) is 15.8 Å². The van der Waals surface area contributed by atoms with Crippen LogP contribution in [0.3, 0.4) is 0 Å². The van der Waals surface area contributed by atoms with Crippen LogP contribution in [0.25, 0.3) is 16.8 Å². The van der Waals surface area contributed by atoms with Gasteiger partial charge in [-0.15, -0.1) is 0 Å². The molecule has 0 saturated carbocycles. The molecule has 2 heterocycles. The minimum Gasteiger partial charge on any atom is -0.370 e. The average Bonchev–Trinajstić information content (AvgIpc) is 3.24. The Labute approximate surface area is 213 Å². The predicted octanol–water partition coefficient (Wildman–Crippen LogP) is 3.88. The summed E-state index contributed by atoms with van der Waals surface area (Å²) in [6.07, 6.45) is 10.2. The number of aromatic nitrogens is 2. The van der Waals surface area contributed by atoms with E-state index in [1.54, 1.807) is 0 Å². The van der Waals surface area contributed by atoms with Gasteiger partial charge in [-0.2, -0.15) is 15.8 Å². The van der Waals surface area contributed by atoms with Crippen molar-refractivity contribution in [3.63, 3.8) is 0 Å². The molecule has 3 N–H and O–H groups in total. The first-order valence-corrected chi connectivity index (χ1v) is 11.7. The lowest BCUT2D eigenvalue weighted by Gasteiger charge is -2.33. The molecule has 3 aromatic rings. The fraction of sp³-hybridized carbons (Fsp3) is 0.138. The van der Waals surface area contributed by atoms with Crippen LogP contribution in [0.15, 0.2) is 72.5 Å². The van der Waals surface area contributed by atoms with E-state index in [1.165, 1.54) is 0 Å². The molecule has 3 unspecified atom stereocenters. The normalized spacial score (nSPS) is 20.0. The highest BCUT2D eigenvalue weighted by Crippen LogP contribution is 2.47. The van der Waals surface area contributed by atoms with Gasteiger partial charge in [0.1, 0.15) is 23.8 Å². The molecule has 0 fully saturated rings. The van der Waals surface area contributed by atoms with E-state index >= 15 is 0 Å². The molecule has 0 saturated heterocycles. The van der Waals surface area contributed by atoms with Crippen LogP contribution in [0, 0.1) is 34.1 Å². The Bertz CT molecular complexity index is 1680. The van der Waals surface area contributed by atoms with Crippen LogP contribution in [-0.2, 0) is 0 Å². The number of nitriles is 3. The van der Waals surface area contributed by atoms with Crippen LogP contribution in [0.4, 0.5) is 0 Å². The first-order valence-electron chi connectivity index (χ1n) is 11.7. The molecule has 0 radical (unpaired) electrons. The first kappa shape index (κ1) is 22.2. The fourth-order valence-corrected chi connectivity index (χ4v) is 5.44. The second kappa shape index (κ2) is 8.46. The van der Waals surface area contributed by atoms with Gasteiger partial charge in [0.15, 0.2) is 6.19 Å². The molecule has 0 spiro atoms. The number of likely N-dealkylation sites (N-methyl/N-ethyl adjacent to an activating group) is 1. The van der Waals surface area contributed by atoms with E-state index in [9.17, 15) is 15.8 Å². The van der Waals surface area contributed by atoms with E-state index in [4.69, 9.17) is 15.7 Å². The quantitative estimate of drug-likeness (QED) is 0.250. The zero-order valence-corrected chi connectivity index (χ0v) is 19.8. The molecule has 37 heavy (non-hydrogen) atoms. The molecule has 6 rings (SSSR count). The van der Waals surface area contributed by atoms with E-state index < -0.39 is 12.1 Å². The summed E-state index contributed by atoms with van der Waals surface area (Å²) >= 11 is 0. The molecular formula is C29H20N8. The third-order valence-electron chi connectivity index (χ3n) is 7.15. The Hall–Kier alpha value is -5.23. The smallest absolute Gasteiger partial charge is 0.177 e. The van der Waals surface area contributed by atoms with Gasteiger partial charge >= 0.3 is 0 Å². The van der Waals surface area contributed by atoms with Gasteiger partial charge in [-0.25, -0.2) is 9.97 Å². The van der Waals surface area contributed by atoms with Crippen molar-refractivity contribution >= 4 is 5.57 Å². The minimum atomic E-state index is -0.585. The first-order chi connectivity index (χ1) is 18.1. The Kier molecular flexibility index (Phi) is 5.09. The second-order valence-corrected chi connectivity index (χ2v) is 9.10. The number of nitrogens with two attached hydrogens (primary N) is 1. The van der Waals surface area contributed by atoms with Crippen molar-refractivity contribution in [2.75, 3.05) is 7.05 Å². The molecule has 3 aliphatic rings. The van der Waals surface area contributed by atoms with Gasteiger partial charge in [0, 0.05) is 18.2 Å². The maximum absolute atomic E-state index is 9.69. The molecule has 8 nitrogen and oxygen atoms in total. The topological polar surface area (TPSA) is 138 Å². The highest BCUT2D eigenvalue weighted by atomic mass is 15.1. The van der Waals surface area contributed by atoms with Crippen molar-refractivity contribution in [2.24, 2.45) is 5.73 Å². The van der Waals surface area contributed by atoms with E-state index in [-0.39, 0.29) is 11.6 Å². The average molecular weight is 481 g/mol. The van der Waals surface area contributed by atoms with Crippen LogP contribution >= 0.6 is 0 Å². The van der Waals surface area contributed by atoms with Gasteiger partial charge in [-0.05, 0) is 34.5 Å². The molecule has 1 aromatic heterocycles. The van der Waals surface area contributed by atoms with Crippen molar-refractivity contribution in [1.82, 2.24) is 20.2 Å². The lowest BCUT2D eigenvalue weighted by Crippen LogP contribution is -2.32. The number of benzene rings is 2. The van der Waals surface area contributed by atoms with Crippen LogP contribution in [0.2, 0.25) is 0 Å². The standard InChI is InChI=1S/C29H20N8/c1-37-11-5-4-8-22(37)16-9-10-19-21(12-16)25(34-15-32)29-28(24(19)33)35-26-20-7-3-2-6-18(20)23(27(26)36-29)17(13-30)14-31/h2-12,22,24-25,34H,33H2,1H3. The zero-order chi connectivity index (χ0) is 25.7. The molecule has 0 bridgehead atoms. The summed E-state index contributed by atoms with van der Waals surface area (Å²) in [5.74, 6) is 0. The predicted molar refractivity (Wildman–Crippen MR) is 137 cm³/mol. The van der Waals surface area contributed by atoms with Gasteiger partial charge in [-0.3, -0.25) is 0 Å². The molecule has 3 atom stereocenters. The zero-order valence-electron chi connectivity index (χ0n) is 19.8. The summed E-state index contributed by atoms with van der Waals surface area (Å²) in [6.45, 7) is 0. The van der Waals surface area contributed by atoms with Gasteiger partial charge in [0.25, 0.3) is 0 Å².